The molecule has 3 nitrogen and oxygen atoms in total. The van der Waals surface area contributed by atoms with Crippen molar-refractivity contribution in [3.63, 3.8) is 0 Å². The van der Waals surface area contributed by atoms with Gasteiger partial charge in [-0.05, 0) is 81.2 Å². The van der Waals surface area contributed by atoms with Gasteiger partial charge in [-0.25, -0.2) is 0 Å². The molecule has 0 saturated carbocycles. The second-order valence-electron chi connectivity index (χ2n) is 12.6. The normalized spacial score (nSPS) is 14.2. The van der Waals surface area contributed by atoms with E-state index in [4.69, 9.17) is 4.42 Å². The standard InChI is InChI=1S/C42H32N2O/c1-42(2)35-13-6-5-11-34(35)40-36(42)14-8-15-37(40)44(38-16-7-12-33-32-23-24-43-26-39(32)45-41(33)38)31-21-19-28(20-22-31)30-18-17-27-9-3-4-10-29(27)25-30/h3-25,43H,26H2,1-2H3. The summed E-state index contributed by atoms with van der Waals surface area (Å²) in [5.41, 5.74) is 12.9. The summed E-state index contributed by atoms with van der Waals surface area (Å²) in [5, 5.41) is 6.95. The second-order valence-corrected chi connectivity index (χ2v) is 12.6. The number of rotatable bonds is 4. The number of nitrogens with zero attached hydrogens (tertiary/aromatic N) is 1. The van der Waals surface area contributed by atoms with Crippen LogP contribution in [0.25, 0.3) is 50.1 Å². The molecule has 1 aliphatic carbocycles. The Hall–Kier alpha value is -5.54. The number of hydrogen-bond acceptors (Lipinski definition) is 3. The minimum atomic E-state index is -0.0974. The van der Waals surface area contributed by atoms with E-state index in [-0.39, 0.29) is 5.41 Å². The lowest BCUT2D eigenvalue weighted by Gasteiger charge is -2.29. The van der Waals surface area contributed by atoms with Crippen LogP contribution in [-0.2, 0) is 12.0 Å². The monoisotopic (exact) mass is 580 g/mol. The van der Waals surface area contributed by atoms with Crippen LogP contribution < -0.4 is 10.2 Å². The lowest BCUT2D eigenvalue weighted by atomic mass is 9.82. The highest BCUT2D eigenvalue weighted by Crippen LogP contribution is 2.54. The number of nitrogens with one attached hydrogen (secondary N) is 1. The van der Waals surface area contributed by atoms with Crippen molar-refractivity contribution in [1.82, 2.24) is 5.32 Å². The fourth-order valence-corrected chi connectivity index (χ4v) is 7.46. The fourth-order valence-electron chi connectivity index (χ4n) is 7.46. The van der Waals surface area contributed by atoms with E-state index in [1.807, 2.05) is 6.20 Å². The number of furan rings is 1. The molecule has 0 amide bonds. The average molecular weight is 581 g/mol. The lowest BCUT2D eigenvalue weighted by molar-refractivity contribution is 0.533. The molecule has 0 fully saturated rings. The van der Waals surface area contributed by atoms with Gasteiger partial charge >= 0.3 is 0 Å². The Kier molecular flexibility index (Phi) is 5.61. The number of fused-ring (bicyclic) bond motifs is 7. The molecule has 2 aliphatic rings. The zero-order valence-electron chi connectivity index (χ0n) is 25.3. The fraction of sp³-hybridized carbons (Fsp3) is 0.0952. The molecule has 6 aromatic carbocycles. The molecular weight excluding hydrogens is 548 g/mol. The van der Waals surface area contributed by atoms with Gasteiger partial charge in [0, 0.05) is 27.6 Å². The molecule has 1 N–H and O–H groups in total. The molecule has 7 aromatic rings. The van der Waals surface area contributed by atoms with Crippen molar-refractivity contribution in [3.05, 3.63) is 156 Å². The maximum Gasteiger partial charge on any atom is 0.159 e. The van der Waals surface area contributed by atoms with Crippen molar-refractivity contribution in [2.24, 2.45) is 0 Å². The molecule has 216 valence electrons. The summed E-state index contributed by atoms with van der Waals surface area (Å²) in [6, 6.07) is 46.4. The summed E-state index contributed by atoms with van der Waals surface area (Å²) in [7, 11) is 0. The van der Waals surface area contributed by atoms with Crippen LogP contribution in [0, 0.1) is 0 Å². The topological polar surface area (TPSA) is 28.4 Å². The Bertz CT molecular complexity index is 2310. The molecule has 1 aliphatic heterocycles. The number of para-hydroxylation sites is 1. The van der Waals surface area contributed by atoms with Crippen LogP contribution >= 0.6 is 0 Å². The predicted octanol–water partition coefficient (Wildman–Crippen LogP) is 11.1. The smallest absolute Gasteiger partial charge is 0.159 e. The quantitative estimate of drug-likeness (QED) is 0.224. The molecular formula is C42H32N2O. The zero-order chi connectivity index (χ0) is 30.1. The summed E-state index contributed by atoms with van der Waals surface area (Å²) >= 11 is 0. The van der Waals surface area contributed by atoms with Gasteiger partial charge in [0.25, 0.3) is 0 Å². The average Bonchev–Trinajstić information content (AvgIpc) is 3.58. The first-order chi connectivity index (χ1) is 22.1. The van der Waals surface area contributed by atoms with E-state index in [0.29, 0.717) is 6.54 Å². The van der Waals surface area contributed by atoms with Crippen LogP contribution in [0.15, 0.2) is 138 Å². The van der Waals surface area contributed by atoms with Crippen molar-refractivity contribution in [2.45, 2.75) is 25.8 Å². The van der Waals surface area contributed by atoms with Crippen LogP contribution in [-0.4, -0.2) is 0 Å². The van der Waals surface area contributed by atoms with Crippen LogP contribution in [0.4, 0.5) is 17.1 Å². The van der Waals surface area contributed by atoms with Crippen molar-refractivity contribution in [2.75, 3.05) is 4.90 Å². The number of anilines is 3. The minimum absolute atomic E-state index is 0.0974. The van der Waals surface area contributed by atoms with E-state index >= 15 is 0 Å². The molecule has 0 atom stereocenters. The molecule has 45 heavy (non-hydrogen) atoms. The molecule has 0 unspecified atom stereocenters. The first-order valence-corrected chi connectivity index (χ1v) is 15.6. The molecule has 0 saturated heterocycles. The van der Waals surface area contributed by atoms with E-state index < -0.39 is 0 Å². The Morgan fingerprint density at radius 3 is 2.29 bits per heavy atom. The zero-order valence-corrected chi connectivity index (χ0v) is 25.3. The van der Waals surface area contributed by atoms with E-state index in [1.165, 1.54) is 44.2 Å². The van der Waals surface area contributed by atoms with Gasteiger partial charge in [-0.3, -0.25) is 0 Å². The molecule has 2 heterocycles. The molecule has 9 rings (SSSR count). The predicted molar refractivity (Wildman–Crippen MR) is 187 cm³/mol. The summed E-state index contributed by atoms with van der Waals surface area (Å²) < 4.78 is 6.65. The third kappa shape index (κ3) is 3.90. The van der Waals surface area contributed by atoms with Gasteiger partial charge in [-0.15, -0.1) is 0 Å². The van der Waals surface area contributed by atoms with Crippen molar-refractivity contribution in [3.8, 4) is 22.3 Å². The highest BCUT2D eigenvalue weighted by Gasteiger charge is 2.38. The summed E-state index contributed by atoms with van der Waals surface area (Å²) in [6.07, 6.45) is 4.13. The Morgan fingerprint density at radius 1 is 0.667 bits per heavy atom. The van der Waals surface area contributed by atoms with Gasteiger partial charge in [0.15, 0.2) is 5.58 Å². The third-order valence-electron chi connectivity index (χ3n) is 9.72. The van der Waals surface area contributed by atoms with E-state index in [9.17, 15) is 0 Å². The van der Waals surface area contributed by atoms with Gasteiger partial charge in [-0.1, -0.05) is 111 Å². The van der Waals surface area contributed by atoms with E-state index in [2.05, 4.69) is 158 Å². The van der Waals surface area contributed by atoms with Gasteiger partial charge in [0.2, 0.25) is 0 Å². The highest BCUT2D eigenvalue weighted by molar-refractivity contribution is 6.03. The van der Waals surface area contributed by atoms with Crippen LogP contribution in [0.5, 0.6) is 0 Å². The van der Waals surface area contributed by atoms with Crippen molar-refractivity contribution in [1.29, 1.82) is 0 Å². The highest BCUT2D eigenvalue weighted by atomic mass is 16.3. The number of benzene rings is 6. The SMILES string of the molecule is CC1(C)c2ccccc2-c2c(N(c3ccc(-c4ccc5ccccc5c4)cc3)c3cccc4c5c(oc34)CNC=C5)cccc21. The van der Waals surface area contributed by atoms with Crippen LogP contribution in [0.1, 0.15) is 36.3 Å². The van der Waals surface area contributed by atoms with Gasteiger partial charge in [-0.2, -0.15) is 0 Å². The summed E-state index contributed by atoms with van der Waals surface area (Å²) in [6.45, 7) is 5.36. The molecule has 0 radical (unpaired) electrons. The molecule has 0 bridgehead atoms. The minimum Gasteiger partial charge on any atom is -0.456 e. The summed E-state index contributed by atoms with van der Waals surface area (Å²) in [4.78, 5) is 2.40. The Balaban J connectivity index is 1.27. The van der Waals surface area contributed by atoms with E-state index in [0.717, 1.165) is 39.4 Å². The first kappa shape index (κ1) is 25.9. The van der Waals surface area contributed by atoms with Gasteiger partial charge < -0.3 is 14.6 Å². The molecule has 0 spiro atoms. The third-order valence-corrected chi connectivity index (χ3v) is 9.72. The molecule has 1 aromatic heterocycles. The lowest BCUT2D eigenvalue weighted by Crippen LogP contribution is -2.16. The van der Waals surface area contributed by atoms with Crippen molar-refractivity contribution >= 4 is 44.9 Å². The number of hydrogen-bond donors (Lipinski definition) is 1. The van der Waals surface area contributed by atoms with Gasteiger partial charge in [0.05, 0.1) is 17.9 Å². The maximum absolute atomic E-state index is 6.65. The largest absolute Gasteiger partial charge is 0.456 e. The van der Waals surface area contributed by atoms with Crippen molar-refractivity contribution < 1.29 is 4.42 Å². The summed E-state index contributed by atoms with van der Waals surface area (Å²) in [5.74, 6) is 0.969. The Labute approximate surface area is 263 Å². The molecule has 3 heteroatoms. The Morgan fingerprint density at radius 2 is 1.40 bits per heavy atom. The second kappa shape index (κ2) is 9.73. The first-order valence-electron chi connectivity index (χ1n) is 15.6. The van der Waals surface area contributed by atoms with Crippen LogP contribution in [0.2, 0.25) is 0 Å². The van der Waals surface area contributed by atoms with Crippen LogP contribution in [0.3, 0.4) is 0 Å². The maximum atomic E-state index is 6.65. The van der Waals surface area contributed by atoms with E-state index in [1.54, 1.807) is 0 Å². The van der Waals surface area contributed by atoms with Gasteiger partial charge in [0.1, 0.15) is 5.76 Å².